The first-order valence-corrected chi connectivity index (χ1v) is 3.41. The molecule has 0 atom stereocenters. The number of allylic oxidation sites excluding steroid dienone is 2. The molecule has 2 heteroatoms. The molecule has 10 heavy (non-hydrogen) atoms. The summed E-state index contributed by atoms with van der Waals surface area (Å²) in [6.07, 6.45) is 4.02. The smallest absolute Gasteiger partial charge is 0.112 e. The molecule has 1 rings (SSSR count). The number of rotatable bonds is 0. The van der Waals surface area contributed by atoms with E-state index in [1.54, 1.807) is 0 Å². The van der Waals surface area contributed by atoms with E-state index in [2.05, 4.69) is 4.90 Å². The molecule has 0 unspecified atom stereocenters. The molecule has 0 aromatic rings. The van der Waals surface area contributed by atoms with E-state index in [0.29, 0.717) is 6.61 Å². The Morgan fingerprint density at radius 1 is 1.50 bits per heavy atom. The fraction of sp³-hybridized carbons (Fsp3) is 0.500. The summed E-state index contributed by atoms with van der Waals surface area (Å²) in [4.78, 5) is 2.06. The third kappa shape index (κ3) is 1.32. The molecule has 2 nitrogen and oxygen atoms in total. The summed E-state index contributed by atoms with van der Waals surface area (Å²) in [7, 11) is 2.02. The second kappa shape index (κ2) is 2.78. The topological polar surface area (TPSA) is 12.5 Å². The highest BCUT2D eigenvalue weighted by atomic mass is 16.5. The molecular formula is C8H13NO. The summed E-state index contributed by atoms with van der Waals surface area (Å²) in [5, 5.41) is 0. The van der Waals surface area contributed by atoms with Crippen LogP contribution in [0.15, 0.2) is 23.7 Å². The van der Waals surface area contributed by atoms with Gasteiger partial charge in [0.2, 0.25) is 0 Å². The normalized spacial score (nSPS) is 18.9. The molecule has 0 aliphatic carbocycles. The van der Waals surface area contributed by atoms with Gasteiger partial charge in [0.25, 0.3) is 0 Å². The predicted molar refractivity (Wildman–Crippen MR) is 41.2 cm³/mol. The molecule has 1 heterocycles. The van der Waals surface area contributed by atoms with Crippen molar-refractivity contribution < 1.29 is 4.74 Å². The molecule has 0 N–H and O–H groups in total. The van der Waals surface area contributed by atoms with Gasteiger partial charge >= 0.3 is 0 Å². The van der Waals surface area contributed by atoms with Crippen molar-refractivity contribution in [3.63, 3.8) is 0 Å². The molecule has 0 saturated carbocycles. The lowest BCUT2D eigenvalue weighted by Crippen LogP contribution is -2.07. The molecule has 1 aliphatic rings. The third-order valence-electron chi connectivity index (χ3n) is 1.76. The number of hydrogen-bond donors (Lipinski definition) is 0. The van der Waals surface area contributed by atoms with Crippen molar-refractivity contribution in [2.75, 3.05) is 13.7 Å². The minimum Gasteiger partial charge on any atom is -0.492 e. The Morgan fingerprint density at radius 2 is 2.20 bits per heavy atom. The van der Waals surface area contributed by atoms with E-state index in [9.17, 15) is 0 Å². The van der Waals surface area contributed by atoms with Crippen molar-refractivity contribution in [2.45, 2.75) is 13.8 Å². The van der Waals surface area contributed by atoms with Gasteiger partial charge in [0.05, 0.1) is 5.70 Å². The zero-order valence-electron chi connectivity index (χ0n) is 6.72. The summed E-state index contributed by atoms with van der Waals surface area (Å²) in [6.45, 7) is 4.72. The Labute approximate surface area is 61.8 Å². The average Bonchev–Trinajstić information content (AvgIpc) is 2.04. The Balaban J connectivity index is 2.82. The van der Waals surface area contributed by atoms with Gasteiger partial charge in [-0.2, -0.15) is 0 Å². The second-order valence-corrected chi connectivity index (χ2v) is 2.45. The first kappa shape index (κ1) is 7.19. The molecule has 0 bridgehead atoms. The number of ether oxygens (including phenoxy) is 1. The van der Waals surface area contributed by atoms with Crippen LogP contribution < -0.4 is 0 Å². The summed E-state index contributed by atoms with van der Waals surface area (Å²) in [6, 6.07) is 0. The van der Waals surface area contributed by atoms with Gasteiger partial charge in [0.1, 0.15) is 12.4 Å². The maximum absolute atomic E-state index is 5.34. The molecular weight excluding hydrogens is 126 g/mol. The van der Waals surface area contributed by atoms with E-state index in [1.165, 1.54) is 5.70 Å². The highest BCUT2D eigenvalue weighted by molar-refractivity contribution is 5.08. The zero-order chi connectivity index (χ0) is 7.56. The van der Waals surface area contributed by atoms with Gasteiger partial charge < -0.3 is 9.64 Å². The van der Waals surface area contributed by atoms with Crippen molar-refractivity contribution in [3.05, 3.63) is 23.7 Å². The first-order chi connectivity index (χ1) is 4.72. The van der Waals surface area contributed by atoms with Gasteiger partial charge in [-0.15, -0.1) is 0 Å². The van der Waals surface area contributed by atoms with Gasteiger partial charge in [-0.3, -0.25) is 0 Å². The van der Waals surface area contributed by atoms with E-state index < -0.39 is 0 Å². The van der Waals surface area contributed by atoms with Gasteiger partial charge in [0, 0.05) is 13.2 Å². The van der Waals surface area contributed by atoms with Crippen molar-refractivity contribution in [1.82, 2.24) is 4.90 Å². The van der Waals surface area contributed by atoms with Crippen LogP contribution in [0.5, 0.6) is 0 Å². The highest BCUT2D eigenvalue weighted by Gasteiger charge is 2.03. The van der Waals surface area contributed by atoms with E-state index >= 15 is 0 Å². The molecule has 0 fully saturated rings. The van der Waals surface area contributed by atoms with Gasteiger partial charge in [-0.05, 0) is 19.9 Å². The van der Waals surface area contributed by atoms with Crippen LogP contribution in [0.25, 0.3) is 0 Å². The fourth-order valence-corrected chi connectivity index (χ4v) is 0.839. The molecule has 0 aromatic heterocycles. The quantitative estimate of drug-likeness (QED) is 0.506. The fourth-order valence-electron chi connectivity index (χ4n) is 0.839. The van der Waals surface area contributed by atoms with Gasteiger partial charge in [0.15, 0.2) is 0 Å². The molecule has 0 amide bonds. The molecule has 0 spiro atoms. The molecule has 0 radical (unpaired) electrons. The van der Waals surface area contributed by atoms with Gasteiger partial charge in [-0.25, -0.2) is 0 Å². The Kier molecular flexibility index (Phi) is 2.00. The SMILES string of the molecule is CC1=C(C)N(C)C=CCO1. The number of hydrogen-bond acceptors (Lipinski definition) is 2. The average molecular weight is 139 g/mol. The van der Waals surface area contributed by atoms with Crippen LogP contribution in [-0.4, -0.2) is 18.6 Å². The van der Waals surface area contributed by atoms with Crippen LogP contribution in [0, 0.1) is 0 Å². The first-order valence-electron chi connectivity index (χ1n) is 3.41. The third-order valence-corrected chi connectivity index (χ3v) is 1.76. The number of nitrogens with zero attached hydrogens (tertiary/aromatic N) is 1. The Hall–Kier alpha value is -0.920. The summed E-state index contributed by atoms with van der Waals surface area (Å²) in [5.74, 6) is 1.01. The maximum Gasteiger partial charge on any atom is 0.112 e. The van der Waals surface area contributed by atoms with Crippen molar-refractivity contribution in [3.8, 4) is 0 Å². The molecule has 0 aromatic carbocycles. The van der Waals surface area contributed by atoms with Crippen LogP contribution in [0.3, 0.4) is 0 Å². The van der Waals surface area contributed by atoms with Crippen LogP contribution >= 0.6 is 0 Å². The van der Waals surface area contributed by atoms with Crippen molar-refractivity contribution in [1.29, 1.82) is 0 Å². The van der Waals surface area contributed by atoms with E-state index in [-0.39, 0.29) is 0 Å². The minimum absolute atomic E-state index is 0.688. The Bertz CT molecular complexity index is 182. The highest BCUT2D eigenvalue weighted by Crippen LogP contribution is 2.11. The zero-order valence-corrected chi connectivity index (χ0v) is 6.72. The van der Waals surface area contributed by atoms with Crippen molar-refractivity contribution in [2.24, 2.45) is 0 Å². The van der Waals surface area contributed by atoms with E-state index in [1.807, 2.05) is 33.2 Å². The summed E-state index contributed by atoms with van der Waals surface area (Å²) < 4.78 is 5.34. The van der Waals surface area contributed by atoms with E-state index in [0.717, 1.165) is 5.76 Å². The van der Waals surface area contributed by atoms with Crippen LogP contribution in [0.1, 0.15) is 13.8 Å². The minimum atomic E-state index is 0.688. The van der Waals surface area contributed by atoms with Crippen LogP contribution in [0.2, 0.25) is 0 Å². The summed E-state index contributed by atoms with van der Waals surface area (Å²) >= 11 is 0. The summed E-state index contributed by atoms with van der Waals surface area (Å²) in [5.41, 5.74) is 1.17. The lowest BCUT2D eigenvalue weighted by molar-refractivity contribution is 0.244. The molecule has 0 saturated heterocycles. The molecule has 1 aliphatic heterocycles. The second-order valence-electron chi connectivity index (χ2n) is 2.45. The predicted octanol–water partition coefficient (Wildman–Crippen LogP) is 1.71. The lowest BCUT2D eigenvalue weighted by atomic mass is 10.4. The Morgan fingerprint density at radius 3 is 2.90 bits per heavy atom. The van der Waals surface area contributed by atoms with E-state index in [4.69, 9.17) is 4.74 Å². The van der Waals surface area contributed by atoms with Crippen LogP contribution in [0.4, 0.5) is 0 Å². The maximum atomic E-state index is 5.34. The monoisotopic (exact) mass is 139 g/mol. The standard InChI is InChI=1S/C8H13NO/c1-7-8(2)10-6-4-5-9(7)3/h4-5H,6H2,1-3H3. The largest absolute Gasteiger partial charge is 0.492 e. The van der Waals surface area contributed by atoms with Gasteiger partial charge in [-0.1, -0.05) is 0 Å². The van der Waals surface area contributed by atoms with Crippen molar-refractivity contribution >= 4 is 0 Å². The molecule has 56 valence electrons. The lowest BCUT2D eigenvalue weighted by Gasteiger charge is -2.14. The van der Waals surface area contributed by atoms with Crippen LogP contribution in [-0.2, 0) is 4.74 Å².